The van der Waals surface area contributed by atoms with Gasteiger partial charge < -0.3 is 9.47 Å². The zero-order valence-electron chi connectivity index (χ0n) is 13.2. The number of hydrogen-bond donors (Lipinski definition) is 0. The van der Waals surface area contributed by atoms with E-state index in [9.17, 15) is 0 Å². The first kappa shape index (κ1) is 15.9. The molecule has 0 radical (unpaired) electrons. The molecule has 22 heavy (non-hydrogen) atoms. The smallest absolute Gasteiger partial charge is 0.122 e. The van der Waals surface area contributed by atoms with Gasteiger partial charge in [-0.05, 0) is 35.8 Å². The minimum Gasteiger partial charge on any atom is -0.496 e. The average molecular weight is 294 g/mol. The molecule has 0 N–H and O–H groups in total. The Labute approximate surface area is 132 Å². The predicted octanol–water partition coefficient (Wildman–Crippen LogP) is 5.22. The molecule has 0 bridgehead atoms. The molecule has 0 aliphatic rings. The number of rotatable bonds is 7. The van der Waals surface area contributed by atoms with Crippen LogP contribution in [0.3, 0.4) is 0 Å². The van der Waals surface area contributed by atoms with Gasteiger partial charge in [0.05, 0.1) is 7.11 Å². The lowest BCUT2D eigenvalue weighted by atomic mass is 10.0. The topological polar surface area (TPSA) is 18.5 Å². The van der Waals surface area contributed by atoms with Crippen molar-refractivity contribution in [3.8, 4) is 5.75 Å². The lowest BCUT2D eigenvalue weighted by molar-refractivity contribution is 0.305. The number of methoxy groups -OCH3 is 1. The van der Waals surface area contributed by atoms with Crippen LogP contribution in [0.1, 0.15) is 24.5 Å². The summed E-state index contributed by atoms with van der Waals surface area (Å²) < 4.78 is 11.3. The first-order valence-electron chi connectivity index (χ1n) is 7.45. The molecular weight excluding hydrogens is 272 g/mol. The highest BCUT2D eigenvalue weighted by molar-refractivity contribution is 5.75. The van der Waals surface area contributed by atoms with Gasteiger partial charge in [-0.3, -0.25) is 0 Å². The molecular formula is C20H22O2. The van der Waals surface area contributed by atoms with Crippen LogP contribution in [0.5, 0.6) is 5.75 Å². The summed E-state index contributed by atoms with van der Waals surface area (Å²) in [7, 11) is 1.67. The molecule has 0 heterocycles. The van der Waals surface area contributed by atoms with Gasteiger partial charge in [0.2, 0.25) is 0 Å². The molecule has 2 aromatic carbocycles. The number of hydrogen-bond acceptors (Lipinski definition) is 2. The SMILES string of the molecule is C=C(/C(=C/CC)OC)c1cccc(OCc2ccccc2)c1. The van der Waals surface area contributed by atoms with Gasteiger partial charge in [0.15, 0.2) is 0 Å². The molecule has 2 aromatic rings. The van der Waals surface area contributed by atoms with Crippen molar-refractivity contribution in [2.45, 2.75) is 20.0 Å². The van der Waals surface area contributed by atoms with Crippen LogP contribution < -0.4 is 4.74 Å². The second-order valence-electron chi connectivity index (χ2n) is 4.96. The summed E-state index contributed by atoms with van der Waals surface area (Å²) in [6, 6.07) is 18.1. The van der Waals surface area contributed by atoms with Crippen LogP contribution in [0, 0.1) is 0 Å². The Morgan fingerprint density at radius 1 is 1.09 bits per heavy atom. The molecule has 0 saturated carbocycles. The molecule has 2 heteroatoms. The molecule has 0 fully saturated rings. The summed E-state index contributed by atoms with van der Waals surface area (Å²) in [4.78, 5) is 0. The second kappa shape index (κ2) is 8.08. The molecule has 0 aliphatic heterocycles. The van der Waals surface area contributed by atoms with Gasteiger partial charge in [0, 0.05) is 5.57 Å². The van der Waals surface area contributed by atoms with E-state index in [1.165, 1.54) is 0 Å². The van der Waals surface area contributed by atoms with Crippen LogP contribution in [0.15, 0.2) is 73.0 Å². The van der Waals surface area contributed by atoms with E-state index in [-0.39, 0.29) is 0 Å². The fourth-order valence-corrected chi connectivity index (χ4v) is 2.17. The van der Waals surface area contributed by atoms with Gasteiger partial charge in [-0.1, -0.05) is 56.0 Å². The highest BCUT2D eigenvalue weighted by Gasteiger charge is 2.07. The van der Waals surface area contributed by atoms with Gasteiger partial charge in [0.25, 0.3) is 0 Å². The van der Waals surface area contributed by atoms with Crippen molar-refractivity contribution in [2.75, 3.05) is 7.11 Å². The van der Waals surface area contributed by atoms with Gasteiger partial charge in [-0.2, -0.15) is 0 Å². The van der Waals surface area contributed by atoms with E-state index in [0.29, 0.717) is 6.61 Å². The highest BCUT2D eigenvalue weighted by Crippen LogP contribution is 2.25. The molecule has 2 nitrogen and oxygen atoms in total. The first-order chi connectivity index (χ1) is 10.7. The van der Waals surface area contributed by atoms with Crippen LogP contribution in [-0.2, 0) is 11.3 Å². The van der Waals surface area contributed by atoms with Crippen LogP contribution in [0.2, 0.25) is 0 Å². The maximum absolute atomic E-state index is 5.85. The van der Waals surface area contributed by atoms with E-state index < -0.39 is 0 Å². The van der Waals surface area contributed by atoms with Crippen molar-refractivity contribution in [3.05, 3.63) is 84.1 Å². The summed E-state index contributed by atoms with van der Waals surface area (Å²) in [5, 5.41) is 0. The van der Waals surface area contributed by atoms with E-state index in [1.54, 1.807) is 7.11 Å². The third kappa shape index (κ3) is 4.26. The van der Waals surface area contributed by atoms with Crippen LogP contribution in [0.25, 0.3) is 5.57 Å². The quantitative estimate of drug-likeness (QED) is 0.515. The molecule has 0 aromatic heterocycles. The zero-order chi connectivity index (χ0) is 15.8. The monoisotopic (exact) mass is 294 g/mol. The zero-order valence-corrected chi connectivity index (χ0v) is 13.2. The summed E-state index contributed by atoms with van der Waals surface area (Å²) in [6.45, 7) is 6.75. The minimum atomic E-state index is 0.554. The maximum Gasteiger partial charge on any atom is 0.122 e. The molecule has 0 saturated heterocycles. The number of benzene rings is 2. The van der Waals surface area contributed by atoms with E-state index in [4.69, 9.17) is 9.47 Å². The van der Waals surface area contributed by atoms with Gasteiger partial charge in [0.1, 0.15) is 18.1 Å². The summed E-state index contributed by atoms with van der Waals surface area (Å²) in [5.41, 5.74) is 3.02. The van der Waals surface area contributed by atoms with Crippen molar-refractivity contribution < 1.29 is 9.47 Å². The second-order valence-corrected chi connectivity index (χ2v) is 4.96. The van der Waals surface area contributed by atoms with Crippen molar-refractivity contribution in [3.63, 3.8) is 0 Å². The molecule has 0 aliphatic carbocycles. The van der Waals surface area contributed by atoms with Crippen molar-refractivity contribution in [1.82, 2.24) is 0 Å². The number of ether oxygens (including phenoxy) is 2. The Bertz CT molecular complexity index is 642. The predicted molar refractivity (Wildman–Crippen MR) is 91.6 cm³/mol. The Morgan fingerprint density at radius 2 is 1.86 bits per heavy atom. The van der Waals surface area contributed by atoms with E-state index in [0.717, 1.165) is 34.6 Å². The van der Waals surface area contributed by atoms with Crippen molar-refractivity contribution in [2.24, 2.45) is 0 Å². The largest absolute Gasteiger partial charge is 0.496 e. The first-order valence-corrected chi connectivity index (χ1v) is 7.45. The summed E-state index contributed by atoms with van der Waals surface area (Å²) in [6.07, 6.45) is 2.94. The van der Waals surface area contributed by atoms with E-state index in [1.807, 2.05) is 48.5 Å². The van der Waals surface area contributed by atoms with Crippen LogP contribution in [0.4, 0.5) is 0 Å². The Morgan fingerprint density at radius 3 is 2.55 bits per heavy atom. The van der Waals surface area contributed by atoms with E-state index in [2.05, 4.69) is 25.6 Å². The van der Waals surface area contributed by atoms with Crippen LogP contribution in [-0.4, -0.2) is 7.11 Å². The van der Waals surface area contributed by atoms with Crippen molar-refractivity contribution >= 4 is 5.57 Å². The standard InChI is InChI=1S/C20H22O2/c1-4-9-20(21-3)16(2)18-12-8-13-19(14-18)22-15-17-10-6-5-7-11-17/h5-14H,2,4,15H2,1,3H3/b20-9-. The molecule has 0 atom stereocenters. The number of allylic oxidation sites excluding steroid dienone is 2. The summed E-state index contributed by atoms with van der Waals surface area (Å²) in [5.74, 6) is 1.64. The normalized spacial score (nSPS) is 11.1. The lowest BCUT2D eigenvalue weighted by Gasteiger charge is -2.12. The minimum absolute atomic E-state index is 0.554. The third-order valence-electron chi connectivity index (χ3n) is 3.34. The average Bonchev–Trinajstić information content (AvgIpc) is 2.58. The summed E-state index contributed by atoms with van der Waals surface area (Å²) >= 11 is 0. The molecule has 114 valence electrons. The molecule has 2 rings (SSSR count). The van der Waals surface area contributed by atoms with Crippen LogP contribution >= 0.6 is 0 Å². The van der Waals surface area contributed by atoms with Crippen molar-refractivity contribution in [1.29, 1.82) is 0 Å². The highest BCUT2D eigenvalue weighted by atomic mass is 16.5. The molecule has 0 unspecified atom stereocenters. The van der Waals surface area contributed by atoms with Gasteiger partial charge in [-0.15, -0.1) is 0 Å². The Hall–Kier alpha value is -2.48. The van der Waals surface area contributed by atoms with Gasteiger partial charge >= 0.3 is 0 Å². The molecule has 0 amide bonds. The Kier molecular flexibility index (Phi) is 5.84. The van der Waals surface area contributed by atoms with Gasteiger partial charge in [-0.25, -0.2) is 0 Å². The third-order valence-corrected chi connectivity index (χ3v) is 3.34. The Balaban J connectivity index is 2.09. The molecule has 0 spiro atoms. The fraction of sp³-hybridized carbons (Fsp3) is 0.200. The lowest BCUT2D eigenvalue weighted by Crippen LogP contribution is -1.96. The van der Waals surface area contributed by atoms with E-state index >= 15 is 0 Å². The maximum atomic E-state index is 5.85. The fourth-order valence-electron chi connectivity index (χ4n) is 2.17.